The van der Waals surface area contributed by atoms with Crippen LogP contribution in [0.5, 0.6) is 0 Å². The number of aromatic nitrogens is 3. The highest BCUT2D eigenvalue weighted by Gasteiger charge is 2.09. The van der Waals surface area contributed by atoms with Crippen molar-refractivity contribution in [2.24, 2.45) is 0 Å². The molecule has 3 rings (SSSR count). The molecule has 0 aliphatic heterocycles. The summed E-state index contributed by atoms with van der Waals surface area (Å²) >= 11 is 0. The van der Waals surface area contributed by atoms with Gasteiger partial charge in [0.1, 0.15) is 5.82 Å². The molecule has 0 amide bonds. The summed E-state index contributed by atoms with van der Waals surface area (Å²) in [6.45, 7) is 4.00. The van der Waals surface area contributed by atoms with Crippen LogP contribution < -0.4 is 11.1 Å². The predicted octanol–water partition coefficient (Wildman–Crippen LogP) is 2.67. The summed E-state index contributed by atoms with van der Waals surface area (Å²) in [6.07, 6.45) is 0. The minimum absolute atomic E-state index is 0.544. The molecule has 0 spiro atoms. The van der Waals surface area contributed by atoms with Crippen molar-refractivity contribution in [2.45, 2.75) is 13.8 Å². The van der Waals surface area contributed by atoms with Crippen LogP contribution in [0.4, 0.5) is 17.5 Å². The molecule has 2 aromatic heterocycles. The minimum atomic E-state index is 0.544. The second kappa shape index (κ2) is 4.28. The Balaban J connectivity index is 2.05. The first-order valence-corrected chi connectivity index (χ1v) is 6.09. The third-order valence-corrected chi connectivity index (χ3v) is 3.21. The fourth-order valence-electron chi connectivity index (χ4n) is 1.96. The second-order valence-electron chi connectivity index (χ2n) is 4.53. The van der Waals surface area contributed by atoms with Crippen molar-refractivity contribution >= 4 is 23.1 Å². The number of aryl methyl sites for hydroxylation is 1. The van der Waals surface area contributed by atoms with Crippen LogP contribution in [0, 0.1) is 13.8 Å². The van der Waals surface area contributed by atoms with E-state index in [1.165, 1.54) is 0 Å². The molecule has 0 aliphatic rings. The lowest BCUT2D eigenvalue weighted by Gasteiger charge is -2.04. The monoisotopic (exact) mass is 253 g/mol. The minimum Gasteiger partial charge on any atom is -0.383 e. The molecular weight excluding hydrogens is 238 g/mol. The van der Waals surface area contributed by atoms with Crippen molar-refractivity contribution in [1.82, 2.24) is 14.6 Å². The number of anilines is 3. The summed E-state index contributed by atoms with van der Waals surface area (Å²) in [6, 6.07) is 11.8. The average Bonchev–Trinajstić information content (AvgIpc) is 2.80. The lowest BCUT2D eigenvalue weighted by atomic mass is 10.2. The molecule has 1 aromatic carbocycles. The molecule has 0 saturated heterocycles. The Morgan fingerprint density at radius 2 is 1.89 bits per heavy atom. The fourth-order valence-corrected chi connectivity index (χ4v) is 1.96. The van der Waals surface area contributed by atoms with Crippen LogP contribution in [0.2, 0.25) is 0 Å². The van der Waals surface area contributed by atoms with E-state index >= 15 is 0 Å². The normalized spacial score (nSPS) is 10.8. The number of rotatable bonds is 2. The van der Waals surface area contributed by atoms with Gasteiger partial charge in [-0.3, -0.25) is 0 Å². The molecule has 3 aromatic rings. The maximum atomic E-state index is 6.06. The molecule has 0 bridgehead atoms. The zero-order chi connectivity index (χ0) is 13.4. The van der Waals surface area contributed by atoms with Crippen LogP contribution in [-0.2, 0) is 0 Å². The van der Waals surface area contributed by atoms with E-state index in [0.29, 0.717) is 11.8 Å². The number of pyridine rings is 1. The smallest absolute Gasteiger partial charge is 0.247 e. The summed E-state index contributed by atoms with van der Waals surface area (Å²) in [5.74, 6) is 1.17. The van der Waals surface area contributed by atoms with Crippen molar-refractivity contribution in [3.8, 4) is 0 Å². The second-order valence-corrected chi connectivity index (χ2v) is 4.53. The number of benzene rings is 1. The van der Waals surface area contributed by atoms with Gasteiger partial charge in [-0.1, -0.05) is 18.2 Å². The summed E-state index contributed by atoms with van der Waals surface area (Å²) in [5.41, 5.74) is 9.90. The standard InChI is InChI=1S/C14H15N5/c1-9-8-12-17-14(16-11-6-4-3-5-7-11)18-19(12)13(15)10(9)2/h3-8H,15H2,1-2H3,(H,16,18). The van der Waals surface area contributed by atoms with Crippen LogP contribution in [0.3, 0.4) is 0 Å². The molecule has 96 valence electrons. The topological polar surface area (TPSA) is 68.2 Å². The van der Waals surface area contributed by atoms with Crippen LogP contribution in [0.15, 0.2) is 36.4 Å². The van der Waals surface area contributed by atoms with E-state index in [9.17, 15) is 0 Å². The first-order chi connectivity index (χ1) is 9.15. The maximum absolute atomic E-state index is 6.06. The van der Waals surface area contributed by atoms with Crippen LogP contribution in [0.1, 0.15) is 11.1 Å². The Hall–Kier alpha value is -2.56. The van der Waals surface area contributed by atoms with Gasteiger partial charge in [-0.25, -0.2) is 0 Å². The van der Waals surface area contributed by atoms with Crippen molar-refractivity contribution in [3.63, 3.8) is 0 Å². The number of hydrogen-bond acceptors (Lipinski definition) is 4. The average molecular weight is 253 g/mol. The molecule has 3 N–H and O–H groups in total. The first-order valence-electron chi connectivity index (χ1n) is 6.09. The van der Waals surface area contributed by atoms with E-state index in [4.69, 9.17) is 5.73 Å². The number of nitrogens with two attached hydrogens (primary N) is 1. The summed E-state index contributed by atoms with van der Waals surface area (Å²) < 4.78 is 1.66. The highest BCUT2D eigenvalue weighted by atomic mass is 15.4. The van der Waals surface area contributed by atoms with Crippen LogP contribution in [0.25, 0.3) is 5.65 Å². The number of nitrogens with zero attached hydrogens (tertiary/aromatic N) is 3. The Morgan fingerprint density at radius 1 is 1.16 bits per heavy atom. The van der Waals surface area contributed by atoms with Crippen LogP contribution in [-0.4, -0.2) is 14.6 Å². The van der Waals surface area contributed by atoms with Gasteiger partial charge in [0.2, 0.25) is 5.95 Å². The number of nitrogen functional groups attached to an aromatic ring is 1. The molecule has 5 heteroatoms. The lowest BCUT2D eigenvalue weighted by Crippen LogP contribution is -2.03. The van der Waals surface area contributed by atoms with E-state index in [1.54, 1.807) is 4.52 Å². The van der Waals surface area contributed by atoms with Crippen LogP contribution >= 0.6 is 0 Å². The number of hydrogen-bond donors (Lipinski definition) is 2. The third-order valence-electron chi connectivity index (χ3n) is 3.21. The Kier molecular flexibility index (Phi) is 2.59. The zero-order valence-corrected chi connectivity index (χ0v) is 10.9. The van der Waals surface area contributed by atoms with E-state index in [-0.39, 0.29) is 0 Å². The van der Waals surface area contributed by atoms with Crippen molar-refractivity contribution in [3.05, 3.63) is 47.5 Å². The number of nitrogens with one attached hydrogen (secondary N) is 1. The summed E-state index contributed by atoms with van der Waals surface area (Å²) in [5, 5.41) is 7.54. The molecular formula is C14H15N5. The van der Waals surface area contributed by atoms with E-state index in [0.717, 1.165) is 22.5 Å². The number of fused-ring (bicyclic) bond motifs is 1. The van der Waals surface area contributed by atoms with Gasteiger partial charge in [0, 0.05) is 5.69 Å². The molecule has 5 nitrogen and oxygen atoms in total. The van der Waals surface area contributed by atoms with Gasteiger partial charge in [-0.05, 0) is 43.2 Å². The molecule has 0 radical (unpaired) electrons. The predicted molar refractivity (Wildman–Crippen MR) is 76.6 cm³/mol. The maximum Gasteiger partial charge on any atom is 0.247 e. The van der Waals surface area contributed by atoms with Gasteiger partial charge in [-0.15, -0.1) is 5.10 Å². The molecule has 0 saturated carbocycles. The van der Waals surface area contributed by atoms with Gasteiger partial charge in [0.25, 0.3) is 0 Å². The molecule has 0 fully saturated rings. The lowest BCUT2D eigenvalue weighted by molar-refractivity contribution is 0.964. The Bertz CT molecular complexity index is 730. The quantitative estimate of drug-likeness (QED) is 0.736. The molecule has 0 unspecified atom stereocenters. The van der Waals surface area contributed by atoms with Crippen molar-refractivity contribution in [2.75, 3.05) is 11.1 Å². The van der Waals surface area contributed by atoms with Gasteiger partial charge < -0.3 is 11.1 Å². The van der Waals surface area contributed by atoms with Gasteiger partial charge in [0.05, 0.1) is 0 Å². The van der Waals surface area contributed by atoms with Gasteiger partial charge in [-0.2, -0.15) is 9.50 Å². The fraction of sp³-hybridized carbons (Fsp3) is 0.143. The van der Waals surface area contributed by atoms with Gasteiger partial charge >= 0.3 is 0 Å². The van der Waals surface area contributed by atoms with Gasteiger partial charge in [0.15, 0.2) is 5.65 Å². The van der Waals surface area contributed by atoms with E-state index in [1.807, 2.05) is 50.2 Å². The van der Waals surface area contributed by atoms with Crippen molar-refractivity contribution < 1.29 is 0 Å². The Labute approximate surface area is 111 Å². The Morgan fingerprint density at radius 3 is 2.63 bits per heavy atom. The zero-order valence-electron chi connectivity index (χ0n) is 10.9. The largest absolute Gasteiger partial charge is 0.383 e. The molecule has 0 aliphatic carbocycles. The number of para-hydroxylation sites is 1. The van der Waals surface area contributed by atoms with E-state index < -0.39 is 0 Å². The highest BCUT2D eigenvalue weighted by Crippen LogP contribution is 2.20. The highest BCUT2D eigenvalue weighted by molar-refractivity contribution is 5.60. The molecule has 19 heavy (non-hydrogen) atoms. The third kappa shape index (κ3) is 1.99. The molecule has 0 atom stereocenters. The van der Waals surface area contributed by atoms with Crippen molar-refractivity contribution in [1.29, 1.82) is 0 Å². The van der Waals surface area contributed by atoms with E-state index in [2.05, 4.69) is 15.4 Å². The summed E-state index contributed by atoms with van der Waals surface area (Å²) in [4.78, 5) is 4.43. The summed E-state index contributed by atoms with van der Waals surface area (Å²) in [7, 11) is 0. The first kappa shape index (κ1) is 11.5. The molecule has 2 heterocycles. The SMILES string of the molecule is Cc1cc2nc(Nc3ccccc3)nn2c(N)c1C.